The summed E-state index contributed by atoms with van der Waals surface area (Å²) in [5.41, 5.74) is 1.61. The van der Waals surface area contributed by atoms with Gasteiger partial charge in [0, 0.05) is 0 Å². The number of methoxy groups -OCH3 is 1. The Bertz CT molecular complexity index is 296. The Morgan fingerprint density at radius 3 is 2.21 bits per heavy atom. The van der Waals surface area contributed by atoms with E-state index < -0.39 is 17.8 Å². The van der Waals surface area contributed by atoms with Crippen LogP contribution in [-0.2, 0) is 19.1 Å². The number of hydrogen-bond donors (Lipinski definition) is 1. The van der Waals surface area contributed by atoms with Gasteiger partial charge in [0.25, 0.3) is 0 Å². The third-order valence-electron chi connectivity index (χ3n) is 2.06. The van der Waals surface area contributed by atoms with Gasteiger partial charge in [0.2, 0.25) is 0 Å². The molecule has 0 bridgehead atoms. The molecule has 0 heterocycles. The lowest BCUT2D eigenvalue weighted by molar-refractivity contribution is -0.146. The van der Waals surface area contributed by atoms with Gasteiger partial charge >= 0.3 is 12.1 Å². The number of hydroxylamine groups is 1. The minimum Gasteiger partial charge on any atom is -0.469 e. The van der Waals surface area contributed by atoms with Crippen LogP contribution in [0.25, 0.3) is 0 Å². The molecular weight excluding hydrogens is 250 g/mol. The lowest BCUT2D eigenvalue weighted by atomic mass is 10.0. The maximum Gasteiger partial charge on any atom is 0.431 e. The fourth-order valence-corrected chi connectivity index (χ4v) is 1.40. The van der Waals surface area contributed by atoms with Crippen molar-refractivity contribution in [3.8, 4) is 0 Å². The molecule has 0 saturated carbocycles. The van der Waals surface area contributed by atoms with Crippen LogP contribution < -0.4 is 5.48 Å². The Kier molecular flexibility index (Phi) is 7.44. The quantitative estimate of drug-likeness (QED) is 0.595. The molecule has 0 aromatic carbocycles. The Morgan fingerprint density at radius 1 is 1.21 bits per heavy atom. The summed E-state index contributed by atoms with van der Waals surface area (Å²) in [5, 5.41) is 0. The number of hydrogen-bond acceptors (Lipinski definition) is 5. The summed E-state index contributed by atoms with van der Waals surface area (Å²) in [7, 11) is 1.32. The molecule has 19 heavy (non-hydrogen) atoms. The molecule has 6 heteroatoms. The summed E-state index contributed by atoms with van der Waals surface area (Å²) in [6.07, 6.45) is -0.388. The highest BCUT2D eigenvalue weighted by Gasteiger charge is 2.20. The second-order valence-electron chi connectivity index (χ2n) is 5.75. The van der Waals surface area contributed by atoms with E-state index in [1.54, 1.807) is 20.8 Å². The lowest BCUT2D eigenvalue weighted by Crippen LogP contribution is -2.36. The molecule has 1 unspecified atom stereocenters. The number of esters is 1. The monoisotopic (exact) mass is 275 g/mol. The smallest absolute Gasteiger partial charge is 0.431 e. The zero-order valence-corrected chi connectivity index (χ0v) is 12.6. The van der Waals surface area contributed by atoms with Gasteiger partial charge in [-0.25, -0.2) is 4.79 Å². The second kappa shape index (κ2) is 7.99. The molecule has 0 fully saturated rings. The van der Waals surface area contributed by atoms with Crippen LogP contribution in [-0.4, -0.2) is 30.9 Å². The van der Waals surface area contributed by atoms with Crippen LogP contribution in [0, 0.1) is 5.92 Å². The Balaban J connectivity index is 4.25. The summed E-state index contributed by atoms with van der Waals surface area (Å²) >= 11 is 0. The van der Waals surface area contributed by atoms with Gasteiger partial charge < -0.3 is 9.47 Å². The number of carbonyl (C=O) groups is 2. The van der Waals surface area contributed by atoms with E-state index in [0.717, 1.165) is 0 Å². The predicted molar refractivity (Wildman–Crippen MR) is 70.3 cm³/mol. The highest BCUT2D eigenvalue weighted by atomic mass is 16.7. The maximum atomic E-state index is 11.4. The molecule has 1 atom stereocenters. The number of rotatable bonds is 6. The highest BCUT2D eigenvalue weighted by molar-refractivity contribution is 5.70. The van der Waals surface area contributed by atoms with Crippen LogP contribution in [0.1, 0.15) is 47.5 Å². The average Bonchev–Trinajstić information content (AvgIpc) is 2.22. The molecule has 0 aliphatic heterocycles. The van der Waals surface area contributed by atoms with Crippen LogP contribution in [0.3, 0.4) is 0 Å². The normalized spacial score (nSPS) is 13.0. The van der Waals surface area contributed by atoms with E-state index in [-0.39, 0.29) is 12.4 Å². The number of ether oxygens (including phenoxy) is 2. The third kappa shape index (κ3) is 10.3. The molecular formula is C13H25NO5. The minimum atomic E-state index is -0.675. The van der Waals surface area contributed by atoms with Crippen molar-refractivity contribution in [3.63, 3.8) is 0 Å². The van der Waals surface area contributed by atoms with Gasteiger partial charge in [0.05, 0.1) is 19.6 Å². The molecule has 0 rings (SSSR count). The van der Waals surface area contributed by atoms with Crippen LogP contribution >= 0.6 is 0 Å². The first-order chi connectivity index (χ1) is 8.64. The van der Waals surface area contributed by atoms with Crippen molar-refractivity contribution in [1.82, 2.24) is 5.48 Å². The molecule has 6 nitrogen and oxygen atoms in total. The third-order valence-corrected chi connectivity index (χ3v) is 2.06. The van der Waals surface area contributed by atoms with Crippen molar-refractivity contribution in [2.45, 2.75) is 59.2 Å². The van der Waals surface area contributed by atoms with Gasteiger partial charge in [0.1, 0.15) is 5.60 Å². The average molecular weight is 275 g/mol. The largest absolute Gasteiger partial charge is 0.469 e. The molecule has 0 aliphatic rings. The fraction of sp³-hybridized carbons (Fsp3) is 0.846. The lowest BCUT2D eigenvalue weighted by Gasteiger charge is -2.22. The van der Waals surface area contributed by atoms with Crippen molar-refractivity contribution >= 4 is 12.1 Å². The molecule has 0 aromatic heterocycles. The van der Waals surface area contributed by atoms with Crippen molar-refractivity contribution in [2.24, 2.45) is 5.92 Å². The van der Waals surface area contributed by atoms with Gasteiger partial charge in [-0.1, -0.05) is 13.8 Å². The molecule has 112 valence electrons. The number of carbonyl (C=O) groups excluding carboxylic acids is 2. The Labute approximate surface area is 114 Å². The van der Waals surface area contributed by atoms with E-state index in [2.05, 4.69) is 10.2 Å². The van der Waals surface area contributed by atoms with Crippen molar-refractivity contribution < 1.29 is 23.9 Å². The highest BCUT2D eigenvalue weighted by Crippen LogP contribution is 2.12. The van der Waals surface area contributed by atoms with Gasteiger partial charge in [-0.3, -0.25) is 9.63 Å². The molecule has 1 N–H and O–H groups in total. The standard InChI is InChI=1S/C13H25NO5/c1-9(2)7-10(8-11(15)17-6)19-14-12(16)18-13(3,4)5/h9-10H,7-8H2,1-6H3,(H,14,16). The zero-order chi connectivity index (χ0) is 15.1. The summed E-state index contributed by atoms with van der Waals surface area (Å²) in [5.74, 6) is -0.0493. The van der Waals surface area contributed by atoms with Gasteiger partial charge in [-0.05, 0) is 33.1 Å². The molecule has 0 saturated heterocycles. The number of amides is 1. The molecule has 0 spiro atoms. The Hall–Kier alpha value is -1.30. The molecule has 1 amide bonds. The second-order valence-corrected chi connectivity index (χ2v) is 5.75. The summed E-state index contributed by atoms with van der Waals surface area (Å²) in [6, 6.07) is 0. The van der Waals surface area contributed by atoms with E-state index >= 15 is 0 Å². The SMILES string of the molecule is COC(=O)CC(CC(C)C)ONC(=O)OC(C)(C)C. The van der Waals surface area contributed by atoms with Crippen LogP contribution in [0.5, 0.6) is 0 Å². The van der Waals surface area contributed by atoms with E-state index in [9.17, 15) is 9.59 Å². The van der Waals surface area contributed by atoms with Crippen molar-refractivity contribution in [2.75, 3.05) is 7.11 Å². The predicted octanol–water partition coefficient (Wildman–Crippen LogP) is 2.42. The summed E-state index contributed by atoms with van der Waals surface area (Å²) in [6.45, 7) is 9.27. The van der Waals surface area contributed by atoms with Crippen LogP contribution in [0.4, 0.5) is 4.79 Å². The first kappa shape index (κ1) is 17.7. The first-order valence-electron chi connectivity index (χ1n) is 6.35. The van der Waals surface area contributed by atoms with E-state index in [1.165, 1.54) is 7.11 Å². The molecule has 0 radical (unpaired) electrons. The summed E-state index contributed by atoms with van der Waals surface area (Å²) in [4.78, 5) is 27.9. The van der Waals surface area contributed by atoms with Gasteiger partial charge in [-0.15, -0.1) is 0 Å². The van der Waals surface area contributed by atoms with E-state index in [4.69, 9.17) is 9.57 Å². The van der Waals surface area contributed by atoms with E-state index in [0.29, 0.717) is 12.3 Å². The number of nitrogens with one attached hydrogen (secondary N) is 1. The van der Waals surface area contributed by atoms with Crippen molar-refractivity contribution in [3.05, 3.63) is 0 Å². The summed E-state index contributed by atoms with van der Waals surface area (Å²) < 4.78 is 9.62. The van der Waals surface area contributed by atoms with Crippen LogP contribution in [0.2, 0.25) is 0 Å². The zero-order valence-electron chi connectivity index (χ0n) is 12.6. The van der Waals surface area contributed by atoms with Crippen LogP contribution in [0.15, 0.2) is 0 Å². The van der Waals surface area contributed by atoms with E-state index in [1.807, 2.05) is 13.8 Å². The fourth-order valence-electron chi connectivity index (χ4n) is 1.40. The topological polar surface area (TPSA) is 73.9 Å². The Morgan fingerprint density at radius 2 is 1.79 bits per heavy atom. The maximum absolute atomic E-state index is 11.4. The van der Waals surface area contributed by atoms with Crippen molar-refractivity contribution in [1.29, 1.82) is 0 Å². The first-order valence-corrected chi connectivity index (χ1v) is 6.35. The molecule has 0 aromatic rings. The minimum absolute atomic E-state index is 0.0878. The van der Waals surface area contributed by atoms with Gasteiger partial charge in [0.15, 0.2) is 0 Å². The molecule has 0 aliphatic carbocycles. The van der Waals surface area contributed by atoms with Gasteiger partial charge in [-0.2, -0.15) is 5.48 Å².